The highest BCUT2D eigenvalue weighted by Gasteiger charge is 2.30. The molecule has 0 amide bonds. The minimum atomic E-state index is -3.99. The molecule has 3 aromatic rings. The van der Waals surface area contributed by atoms with Gasteiger partial charge < -0.3 is 24.1 Å². The average Bonchev–Trinajstić information content (AvgIpc) is 3.18. The number of ether oxygens (including phenoxy) is 2. The van der Waals surface area contributed by atoms with Gasteiger partial charge in [-0.15, -0.1) is 0 Å². The van der Waals surface area contributed by atoms with Gasteiger partial charge in [0.1, 0.15) is 13.2 Å². The Labute approximate surface area is 185 Å². The third kappa shape index (κ3) is 4.63. The number of hydrogen-bond acceptors (Lipinski definition) is 8. The number of aromatic nitrogens is 1. The fraction of sp³-hybridized carbons (Fsp3) is 0.286. The van der Waals surface area contributed by atoms with E-state index in [1.807, 2.05) is 19.0 Å². The van der Waals surface area contributed by atoms with Gasteiger partial charge in [0.15, 0.2) is 11.5 Å². The SMILES string of the molecule is CN(C)CCNc1oc(-c2ccc(Cl)cc2)nc1S(=O)(=O)c1ccc2c(c1)OCCO2. The molecule has 0 bridgehead atoms. The smallest absolute Gasteiger partial charge is 0.233 e. The second kappa shape index (κ2) is 8.78. The molecule has 1 aromatic heterocycles. The summed E-state index contributed by atoms with van der Waals surface area (Å²) >= 11 is 5.96. The number of hydrogen-bond donors (Lipinski definition) is 1. The minimum absolute atomic E-state index is 0.0448. The van der Waals surface area contributed by atoms with E-state index >= 15 is 0 Å². The summed E-state index contributed by atoms with van der Waals surface area (Å²) in [7, 11) is -0.142. The molecule has 0 fully saturated rings. The molecule has 0 unspecified atom stereocenters. The lowest BCUT2D eigenvalue weighted by molar-refractivity contribution is 0.171. The standard InChI is InChI=1S/C21H22ClN3O5S/c1-25(2)10-9-23-20-21(24-19(30-20)14-3-5-15(22)6-4-14)31(26,27)16-7-8-17-18(13-16)29-12-11-28-17/h3-8,13,23H,9-12H2,1-2H3. The molecule has 0 saturated carbocycles. The third-order valence-corrected chi connectivity index (χ3v) is 6.52. The maximum Gasteiger partial charge on any atom is 0.233 e. The lowest BCUT2D eigenvalue weighted by Crippen LogP contribution is -2.21. The Morgan fingerprint density at radius 3 is 2.48 bits per heavy atom. The fourth-order valence-electron chi connectivity index (χ4n) is 3.01. The van der Waals surface area contributed by atoms with Crippen molar-refractivity contribution in [3.05, 3.63) is 47.5 Å². The molecule has 0 saturated heterocycles. The van der Waals surface area contributed by atoms with Crippen molar-refractivity contribution in [2.75, 3.05) is 45.7 Å². The Bertz CT molecular complexity index is 1180. The van der Waals surface area contributed by atoms with Gasteiger partial charge in [0, 0.05) is 29.7 Å². The zero-order valence-corrected chi connectivity index (χ0v) is 18.7. The fourth-order valence-corrected chi connectivity index (χ4v) is 4.43. The van der Waals surface area contributed by atoms with Crippen LogP contribution in [0.5, 0.6) is 11.5 Å². The van der Waals surface area contributed by atoms with E-state index in [9.17, 15) is 8.42 Å². The minimum Gasteiger partial charge on any atom is -0.486 e. The molecule has 2 heterocycles. The van der Waals surface area contributed by atoms with Crippen LogP contribution in [0.2, 0.25) is 5.02 Å². The van der Waals surface area contributed by atoms with Gasteiger partial charge in [-0.2, -0.15) is 4.98 Å². The van der Waals surface area contributed by atoms with Crippen molar-refractivity contribution in [3.63, 3.8) is 0 Å². The van der Waals surface area contributed by atoms with Crippen LogP contribution >= 0.6 is 11.6 Å². The number of fused-ring (bicyclic) bond motifs is 1. The number of anilines is 1. The molecule has 0 aliphatic carbocycles. The number of sulfone groups is 1. The number of likely N-dealkylation sites (N-methyl/N-ethyl adjacent to an activating group) is 1. The van der Waals surface area contributed by atoms with Crippen molar-refractivity contribution >= 4 is 27.3 Å². The van der Waals surface area contributed by atoms with Crippen LogP contribution in [-0.2, 0) is 9.84 Å². The molecule has 1 aliphatic rings. The zero-order chi connectivity index (χ0) is 22.0. The molecule has 2 aromatic carbocycles. The number of halogens is 1. The van der Waals surface area contributed by atoms with E-state index in [4.69, 9.17) is 25.5 Å². The summed E-state index contributed by atoms with van der Waals surface area (Å²) in [6.45, 7) is 1.94. The first-order valence-corrected chi connectivity index (χ1v) is 11.5. The predicted molar refractivity (Wildman–Crippen MR) is 117 cm³/mol. The third-order valence-electron chi connectivity index (χ3n) is 4.61. The lowest BCUT2D eigenvalue weighted by Gasteiger charge is -2.18. The lowest BCUT2D eigenvalue weighted by atomic mass is 10.2. The van der Waals surface area contributed by atoms with Crippen LogP contribution in [0, 0.1) is 0 Å². The van der Waals surface area contributed by atoms with Crippen molar-refractivity contribution in [2.24, 2.45) is 0 Å². The molecule has 10 heteroatoms. The first kappa shape index (κ1) is 21.5. The Morgan fingerprint density at radius 2 is 1.77 bits per heavy atom. The average molecular weight is 464 g/mol. The molecule has 0 spiro atoms. The summed E-state index contributed by atoms with van der Waals surface area (Å²) in [6.07, 6.45) is 0. The van der Waals surface area contributed by atoms with E-state index in [1.54, 1.807) is 30.3 Å². The highest BCUT2D eigenvalue weighted by atomic mass is 35.5. The number of oxazole rings is 1. The number of rotatable bonds is 7. The summed E-state index contributed by atoms with van der Waals surface area (Å²) in [5.41, 5.74) is 0.615. The quantitative estimate of drug-likeness (QED) is 0.568. The number of nitrogens with one attached hydrogen (secondary N) is 1. The van der Waals surface area contributed by atoms with E-state index in [2.05, 4.69) is 10.3 Å². The molecule has 0 atom stereocenters. The number of benzene rings is 2. The normalized spacial score (nSPS) is 13.4. The van der Waals surface area contributed by atoms with Crippen LogP contribution in [0.1, 0.15) is 0 Å². The highest BCUT2D eigenvalue weighted by Crippen LogP contribution is 2.37. The maximum atomic E-state index is 13.4. The van der Waals surface area contributed by atoms with Crippen molar-refractivity contribution in [1.82, 2.24) is 9.88 Å². The summed E-state index contributed by atoms with van der Waals surface area (Å²) < 4.78 is 43.7. The van der Waals surface area contributed by atoms with Crippen molar-refractivity contribution in [2.45, 2.75) is 9.92 Å². The topological polar surface area (TPSA) is 93.9 Å². The first-order chi connectivity index (χ1) is 14.8. The molecular weight excluding hydrogens is 442 g/mol. The summed E-state index contributed by atoms with van der Waals surface area (Å²) in [5, 5.41) is 3.42. The van der Waals surface area contributed by atoms with Gasteiger partial charge in [-0.1, -0.05) is 11.6 Å². The van der Waals surface area contributed by atoms with Crippen LogP contribution in [0.4, 0.5) is 5.88 Å². The van der Waals surface area contributed by atoms with Gasteiger partial charge >= 0.3 is 0 Å². The van der Waals surface area contributed by atoms with E-state index < -0.39 is 9.84 Å². The molecule has 0 radical (unpaired) electrons. The van der Waals surface area contributed by atoms with E-state index in [0.29, 0.717) is 48.4 Å². The molecule has 1 N–H and O–H groups in total. The zero-order valence-electron chi connectivity index (χ0n) is 17.1. The van der Waals surface area contributed by atoms with Crippen molar-refractivity contribution in [1.29, 1.82) is 0 Å². The molecule has 1 aliphatic heterocycles. The highest BCUT2D eigenvalue weighted by molar-refractivity contribution is 7.91. The maximum absolute atomic E-state index is 13.4. The van der Waals surface area contributed by atoms with Crippen molar-refractivity contribution < 1.29 is 22.3 Å². The Kier molecular flexibility index (Phi) is 6.08. The summed E-state index contributed by atoms with van der Waals surface area (Å²) in [6, 6.07) is 11.3. The van der Waals surface area contributed by atoms with Crippen LogP contribution in [0.15, 0.2) is 56.8 Å². The van der Waals surface area contributed by atoms with Gasteiger partial charge in [0.05, 0.1) is 4.90 Å². The van der Waals surface area contributed by atoms with E-state index in [-0.39, 0.29) is 21.7 Å². The van der Waals surface area contributed by atoms with Gasteiger partial charge in [-0.05, 0) is 50.5 Å². The molecule has 8 nitrogen and oxygen atoms in total. The van der Waals surface area contributed by atoms with E-state index in [0.717, 1.165) is 0 Å². The molecule has 31 heavy (non-hydrogen) atoms. The largest absolute Gasteiger partial charge is 0.486 e. The van der Waals surface area contributed by atoms with Gasteiger partial charge in [-0.3, -0.25) is 0 Å². The summed E-state index contributed by atoms with van der Waals surface area (Å²) in [4.78, 5) is 6.34. The van der Waals surface area contributed by atoms with E-state index in [1.165, 1.54) is 12.1 Å². The van der Waals surface area contributed by atoms with Crippen LogP contribution in [0.3, 0.4) is 0 Å². The monoisotopic (exact) mass is 463 g/mol. The van der Waals surface area contributed by atoms with Gasteiger partial charge in [-0.25, -0.2) is 8.42 Å². The van der Waals surface area contributed by atoms with Gasteiger partial charge in [0.25, 0.3) is 0 Å². The van der Waals surface area contributed by atoms with Crippen molar-refractivity contribution in [3.8, 4) is 23.0 Å². The van der Waals surface area contributed by atoms with Crippen LogP contribution in [0.25, 0.3) is 11.5 Å². The van der Waals surface area contributed by atoms with Gasteiger partial charge in [0.2, 0.25) is 26.6 Å². The number of nitrogens with zero attached hydrogens (tertiary/aromatic N) is 2. The Hall–Kier alpha value is -2.75. The Balaban J connectivity index is 1.74. The second-order valence-corrected chi connectivity index (χ2v) is 9.50. The Morgan fingerprint density at radius 1 is 1.06 bits per heavy atom. The predicted octanol–water partition coefficient (Wildman–Crippen LogP) is 3.57. The molecule has 164 valence electrons. The second-order valence-electron chi connectivity index (χ2n) is 7.20. The molecular formula is C21H22ClN3O5S. The summed E-state index contributed by atoms with van der Waals surface area (Å²) in [5.74, 6) is 1.16. The molecule has 4 rings (SSSR count). The van der Waals surface area contributed by atoms with Crippen LogP contribution in [-0.4, -0.2) is 58.7 Å². The van der Waals surface area contributed by atoms with Crippen LogP contribution < -0.4 is 14.8 Å². The first-order valence-electron chi connectivity index (χ1n) is 9.65.